The molecule has 0 saturated heterocycles. The Balaban J connectivity index is 0.00000338. The Morgan fingerprint density at radius 1 is 1.27 bits per heavy atom. The molecule has 0 aliphatic heterocycles. The molecule has 0 spiro atoms. The number of hydrogen-bond donors (Lipinski definition) is 2. The molecule has 2 rings (SSSR count). The van der Waals surface area contributed by atoms with Gasteiger partial charge in [-0.15, -0.1) is 35.3 Å². The van der Waals surface area contributed by atoms with E-state index in [4.69, 9.17) is 0 Å². The van der Waals surface area contributed by atoms with E-state index in [0.29, 0.717) is 24.6 Å². The monoisotopic (exact) mass is 494 g/mol. The highest BCUT2D eigenvalue weighted by Crippen LogP contribution is 2.16. The number of nitrogens with zero attached hydrogens (tertiary/aromatic N) is 2. The molecule has 0 bridgehead atoms. The highest BCUT2D eigenvalue weighted by molar-refractivity contribution is 14.0. The minimum Gasteiger partial charge on any atom is -0.357 e. The number of guanidine groups is 1. The summed E-state index contributed by atoms with van der Waals surface area (Å²) in [7, 11) is 0. The highest BCUT2D eigenvalue weighted by Gasteiger charge is 2.11. The van der Waals surface area contributed by atoms with Crippen LogP contribution < -0.4 is 10.6 Å². The smallest absolute Gasteiger partial charge is 0.191 e. The molecule has 0 amide bonds. The molecular formula is C18H25F2IN4S. The maximum atomic E-state index is 13.4. The van der Waals surface area contributed by atoms with Crippen LogP contribution in [0.15, 0.2) is 29.4 Å². The van der Waals surface area contributed by atoms with Gasteiger partial charge in [-0.3, -0.25) is 4.99 Å². The molecule has 0 radical (unpaired) electrons. The van der Waals surface area contributed by atoms with E-state index in [1.807, 2.05) is 20.0 Å². The maximum Gasteiger partial charge on any atom is 0.191 e. The molecule has 0 aliphatic carbocycles. The van der Waals surface area contributed by atoms with Gasteiger partial charge in [-0.1, -0.05) is 13.0 Å². The summed E-state index contributed by atoms with van der Waals surface area (Å²) in [4.78, 5) is 10.2. The third-order valence-corrected chi connectivity index (χ3v) is 4.89. The van der Waals surface area contributed by atoms with Crippen LogP contribution in [0.25, 0.3) is 0 Å². The average molecular weight is 494 g/mol. The molecule has 1 aromatic carbocycles. The largest absolute Gasteiger partial charge is 0.357 e. The van der Waals surface area contributed by atoms with E-state index >= 15 is 0 Å². The van der Waals surface area contributed by atoms with E-state index in [-0.39, 0.29) is 30.0 Å². The fourth-order valence-corrected chi connectivity index (χ4v) is 3.13. The summed E-state index contributed by atoms with van der Waals surface area (Å²) in [6.07, 6.45) is 3.69. The molecule has 0 saturated carbocycles. The first-order valence-electron chi connectivity index (χ1n) is 8.46. The van der Waals surface area contributed by atoms with Crippen molar-refractivity contribution in [1.29, 1.82) is 0 Å². The van der Waals surface area contributed by atoms with Crippen LogP contribution in [0.1, 0.15) is 42.3 Å². The van der Waals surface area contributed by atoms with Crippen LogP contribution in [-0.4, -0.2) is 24.0 Å². The van der Waals surface area contributed by atoms with E-state index in [9.17, 15) is 8.78 Å². The summed E-state index contributed by atoms with van der Waals surface area (Å²) < 4.78 is 26.5. The zero-order valence-corrected chi connectivity index (χ0v) is 18.3. The fraction of sp³-hybridized carbons (Fsp3) is 0.444. The van der Waals surface area contributed by atoms with E-state index < -0.39 is 11.6 Å². The van der Waals surface area contributed by atoms with E-state index in [2.05, 4.69) is 27.5 Å². The second-order valence-corrected chi connectivity index (χ2v) is 6.82. The molecular weight excluding hydrogens is 469 g/mol. The van der Waals surface area contributed by atoms with Gasteiger partial charge >= 0.3 is 0 Å². The molecule has 8 heteroatoms. The Morgan fingerprint density at radius 2 is 2.04 bits per heavy atom. The molecule has 0 fully saturated rings. The minimum atomic E-state index is -0.844. The van der Waals surface area contributed by atoms with Crippen molar-refractivity contribution in [1.82, 2.24) is 15.6 Å². The van der Waals surface area contributed by atoms with Gasteiger partial charge in [0.1, 0.15) is 0 Å². The van der Waals surface area contributed by atoms with E-state index in [0.717, 1.165) is 23.9 Å². The van der Waals surface area contributed by atoms with E-state index in [1.165, 1.54) is 10.9 Å². The Labute approximate surface area is 174 Å². The number of halogens is 3. The quantitative estimate of drug-likeness (QED) is 0.340. The van der Waals surface area contributed by atoms with Crippen molar-refractivity contribution in [3.05, 3.63) is 51.5 Å². The summed E-state index contributed by atoms with van der Waals surface area (Å²) in [5, 5.41) is 7.46. The number of thiazole rings is 1. The van der Waals surface area contributed by atoms with Crippen LogP contribution in [0, 0.1) is 11.6 Å². The Kier molecular flexibility index (Phi) is 10.0. The molecule has 26 heavy (non-hydrogen) atoms. The maximum absolute atomic E-state index is 13.4. The van der Waals surface area contributed by atoms with Gasteiger partial charge in [0.05, 0.1) is 11.0 Å². The number of rotatable bonds is 7. The van der Waals surface area contributed by atoms with Crippen molar-refractivity contribution in [2.75, 3.05) is 13.1 Å². The van der Waals surface area contributed by atoms with Gasteiger partial charge in [-0.05, 0) is 38.0 Å². The molecule has 1 aromatic heterocycles. The van der Waals surface area contributed by atoms with Crippen molar-refractivity contribution in [3.8, 4) is 0 Å². The lowest BCUT2D eigenvalue weighted by Crippen LogP contribution is -2.39. The summed E-state index contributed by atoms with van der Waals surface area (Å²) in [6.45, 7) is 7.30. The lowest BCUT2D eigenvalue weighted by atomic mass is 10.1. The standard InChI is InChI=1S/C18H24F2N4S.HI/c1-4-14-11-23-17(25-14)8-9-22-18(21-5-2)24-12(3)13-6-7-15(19)16(20)10-13;/h6-7,10-12H,4-5,8-9H2,1-3H3,(H2,21,22,24);1H. The molecule has 1 heterocycles. The van der Waals surface area contributed by atoms with Gasteiger partial charge in [0.2, 0.25) is 0 Å². The van der Waals surface area contributed by atoms with Gasteiger partial charge in [0.15, 0.2) is 17.6 Å². The number of aryl methyl sites for hydroxylation is 1. The highest BCUT2D eigenvalue weighted by atomic mass is 127. The number of hydrogen-bond acceptors (Lipinski definition) is 3. The zero-order chi connectivity index (χ0) is 18.2. The second kappa shape index (κ2) is 11.4. The predicted molar refractivity (Wildman–Crippen MR) is 114 cm³/mol. The van der Waals surface area contributed by atoms with Crippen LogP contribution in [0.4, 0.5) is 8.78 Å². The molecule has 1 unspecified atom stereocenters. The predicted octanol–water partition coefficient (Wildman–Crippen LogP) is 4.46. The number of aromatic nitrogens is 1. The zero-order valence-electron chi connectivity index (χ0n) is 15.2. The summed E-state index contributed by atoms with van der Waals surface area (Å²) >= 11 is 1.71. The van der Waals surface area contributed by atoms with Crippen LogP contribution >= 0.6 is 35.3 Å². The third kappa shape index (κ3) is 6.79. The van der Waals surface area contributed by atoms with Gasteiger partial charge in [0, 0.05) is 30.6 Å². The first-order valence-corrected chi connectivity index (χ1v) is 9.28. The summed E-state index contributed by atoms with van der Waals surface area (Å²) in [6, 6.07) is 3.72. The van der Waals surface area contributed by atoms with Crippen molar-refractivity contribution >= 4 is 41.3 Å². The minimum absolute atomic E-state index is 0. The van der Waals surface area contributed by atoms with Crippen molar-refractivity contribution < 1.29 is 8.78 Å². The first kappa shape index (κ1) is 22.8. The molecule has 0 aliphatic rings. The number of nitrogens with one attached hydrogen (secondary N) is 2. The van der Waals surface area contributed by atoms with Gasteiger partial charge in [0.25, 0.3) is 0 Å². The number of benzene rings is 1. The Bertz CT molecular complexity index is 721. The van der Waals surface area contributed by atoms with Gasteiger partial charge in [-0.25, -0.2) is 13.8 Å². The molecule has 1 atom stereocenters. The fourth-order valence-electron chi connectivity index (χ4n) is 2.28. The van der Waals surface area contributed by atoms with Crippen LogP contribution in [0.5, 0.6) is 0 Å². The normalized spacial score (nSPS) is 12.4. The van der Waals surface area contributed by atoms with Crippen LogP contribution in [-0.2, 0) is 12.8 Å². The second-order valence-electron chi connectivity index (χ2n) is 5.62. The topological polar surface area (TPSA) is 49.3 Å². The van der Waals surface area contributed by atoms with Gasteiger partial charge < -0.3 is 10.6 Å². The summed E-state index contributed by atoms with van der Waals surface area (Å²) in [5.74, 6) is -1.04. The number of aliphatic imine (C=N–C) groups is 1. The third-order valence-electron chi connectivity index (χ3n) is 3.69. The first-order chi connectivity index (χ1) is 12.0. The average Bonchev–Trinajstić information content (AvgIpc) is 3.05. The Morgan fingerprint density at radius 3 is 2.65 bits per heavy atom. The molecule has 144 valence electrons. The lowest BCUT2D eigenvalue weighted by molar-refractivity contribution is 0.504. The van der Waals surface area contributed by atoms with E-state index in [1.54, 1.807) is 17.4 Å². The van der Waals surface area contributed by atoms with Crippen molar-refractivity contribution in [2.45, 2.75) is 39.7 Å². The Hall–Kier alpha value is -1.29. The molecule has 2 N–H and O–H groups in total. The van der Waals surface area contributed by atoms with Crippen LogP contribution in [0.2, 0.25) is 0 Å². The summed E-state index contributed by atoms with van der Waals surface area (Å²) in [5.41, 5.74) is 0.664. The van der Waals surface area contributed by atoms with Crippen molar-refractivity contribution in [3.63, 3.8) is 0 Å². The SMILES string of the molecule is CCNC(=NCCc1ncc(CC)s1)NC(C)c1ccc(F)c(F)c1.I. The van der Waals surface area contributed by atoms with Crippen LogP contribution in [0.3, 0.4) is 0 Å². The lowest BCUT2D eigenvalue weighted by Gasteiger charge is -2.18. The van der Waals surface area contributed by atoms with Gasteiger partial charge in [-0.2, -0.15) is 0 Å². The molecule has 4 nitrogen and oxygen atoms in total. The van der Waals surface area contributed by atoms with Crippen molar-refractivity contribution in [2.24, 2.45) is 4.99 Å². The molecule has 2 aromatic rings.